The highest BCUT2D eigenvalue weighted by Crippen LogP contribution is 2.26. The van der Waals surface area contributed by atoms with Crippen LogP contribution in [-0.4, -0.2) is 23.0 Å². The maximum absolute atomic E-state index is 12.0. The van der Waals surface area contributed by atoms with Gasteiger partial charge in [-0.15, -0.1) is 11.3 Å². The molecule has 23 heavy (non-hydrogen) atoms. The number of thiazole rings is 1. The Bertz CT molecular complexity index is 659. The quantitative estimate of drug-likeness (QED) is 0.745. The summed E-state index contributed by atoms with van der Waals surface area (Å²) >= 11 is 5.09. The van der Waals surface area contributed by atoms with Crippen LogP contribution in [0.2, 0.25) is 0 Å². The van der Waals surface area contributed by atoms with E-state index in [1.807, 2.05) is 37.4 Å². The first-order valence-electron chi connectivity index (χ1n) is 7.73. The van der Waals surface area contributed by atoms with Crippen molar-refractivity contribution in [2.45, 2.75) is 45.8 Å². The maximum atomic E-state index is 12.0. The van der Waals surface area contributed by atoms with E-state index in [0.29, 0.717) is 6.54 Å². The van der Waals surface area contributed by atoms with E-state index in [1.165, 1.54) is 0 Å². The number of carbonyl (C=O) groups excluding carboxylic acids is 1. The first kappa shape index (κ1) is 18.1. The number of carbonyl (C=O) groups is 1. The molecule has 0 bridgehead atoms. The molecule has 2 unspecified atom stereocenters. The van der Waals surface area contributed by atoms with Gasteiger partial charge in [-0.25, -0.2) is 4.98 Å². The summed E-state index contributed by atoms with van der Waals surface area (Å²) in [6.45, 7) is 6.52. The van der Waals surface area contributed by atoms with Crippen molar-refractivity contribution >= 4 is 33.2 Å². The van der Waals surface area contributed by atoms with Gasteiger partial charge < -0.3 is 10.6 Å². The Hall–Kier alpha value is -1.24. The van der Waals surface area contributed by atoms with Crippen molar-refractivity contribution in [2.24, 2.45) is 0 Å². The first-order valence-corrected chi connectivity index (χ1v) is 9.41. The third-order valence-corrected chi connectivity index (χ3v) is 5.04. The van der Waals surface area contributed by atoms with Crippen LogP contribution in [-0.2, 0) is 11.3 Å². The molecule has 0 fully saturated rings. The summed E-state index contributed by atoms with van der Waals surface area (Å²) in [4.78, 5) is 16.6. The molecular weight excluding hydrogens is 374 g/mol. The average molecular weight is 396 g/mol. The molecule has 2 N–H and O–H groups in total. The molecular formula is C17H22BrN3OS. The molecule has 0 aliphatic heterocycles. The zero-order valence-corrected chi connectivity index (χ0v) is 16.0. The highest BCUT2D eigenvalue weighted by Gasteiger charge is 2.14. The predicted octanol–water partition coefficient (Wildman–Crippen LogP) is 3.97. The van der Waals surface area contributed by atoms with E-state index in [9.17, 15) is 4.79 Å². The Morgan fingerprint density at radius 1 is 1.39 bits per heavy atom. The van der Waals surface area contributed by atoms with Gasteiger partial charge in [0.15, 0.2) is 0 Å². The van der Waals surface area contributed by atoms with Crippen LogP contribution in [0, 0.1) is 0 Å². The number of benzene rings is 1. The zero-order valence-electron chi connectivity index (χ0n) is 13.6. The Morgan fingerprint density at radius 2 is 2.17 bits per heavy atom. The van der Waals surface area contributed by atoms with Gasteiger partial charge in [-0.05, 0) is 32.4 Å². The van der Waals surface area contributed by atoms with E-state index in [4.69, 9.17) is 0 Å². The van der Waals surface area contributed by atoms with Crippen LogP contribution in [0.5, 0.6) is 0 Å². The third kappa shape index (κ3) is 5.41. The van der Waals surface area contributed by atoms with Gasteiger partial charge in [0.1, 0.15) is 5.01 Å². The van der Waals surface area contributed by atoms with Crippen LogP contribution in [0.25, 0.3) is 10.6 Å². The Labute approximate surface area is 149 Å². The Kier molecular flexibility index (Phi) is 6.74. The van der Waals surface area contributed by atoms with Gasteiger partial charge in [-0.2, -0.15) is 0 Å². The van der Waals surface area contributed by atoms with Crippen molar-refractivity contribution < 1.29 is 4.79 Å². The monoisotopic (exact) mass is 395 g/mol. The molecule has 124 valence electrons. The predicted molar refractivity (Wildman–Crippen MR) is 99.4 cm³/mol. The van der Waals surface area contributed by atoms with Crippen LogP contribution in [0.15, 0.2) is 34.1 Å². The number of aromatic nitrogens is 1. The SMILES string of the molecule is CCC(C)NC(=O)C(C)NCc1csc(-c2cccc(Br)c2)n1. The molecule has 0 aliphatic carbocycles. The second kappa shape index (κ2) is 8.57. The summed E-state index contributed by atoms with van der Waals surface area (Å²) < 4.78 is 1.04. The number of nitrogens with zero attached hydrogens (tertiary/aromatic N) is 1. The molecule has 0 saturated carbocycles. The molecule has 0 spiro atoms. The van der Waals surface area contributed by atoms with Crippen molar-refractivity contribution in [3.63, 3.8) is 0 Å². The fourth-order valence-electron chi connectivity index (χ4n) is 1.96. The van der Waals surface area contributed by atoms with Gasteiger partial charge in [0.05, 0.1) is 11.7 Å². The number of amides is 1. The molecule has 2 rings (SSSR count). The van der Waals surface area contributed by atoms with E-state index in [2.05, 4.69) is 44.5 Å². The summed E-state index contributed by atoms with van der Waals surface area (Å²) in [5.41, 5.74) is 2.05. The largest absolute Gasteiger partial charge is 0.352 e. The van der Waals surface area contributed by atoms with Gasteiger partial charge >= 0.3 is 0 Å². The molecule has 0 radical (unpaired) electrons. The molecule has 1 aromatic heterocycles. The normalized spacial score (nSPS) is 13.6. The van der Waals surface area contributed by atoms with Crippen molar-refractivity contribution in [3.05, 3.63) is 39.8 Å². The second-order valence-corrected chi connectivity index (χ2v) is 7.35. The zero-order chi connectivity index (χ0) is 16.8. The summed E-state index contributed by atoms with van der Waals surface area (Å²) in [7, 11) is 0. The Balaban J connectivity index is 1.91. The molecule has 6 heteroatoms. The lowest BCUT2D eigenvalue weighted by Crippen LogP contribution is -2.45. The lowest BCUT2D eigenvalue weighted by atomic mass is 10.2. The fraction of sp³-hybridized carbons (Fsp3) is 0.412. The minimum Gasteiger partial charge on any atom is -0.352 e. The van der Waals surface area contributed by atoms with Crippen LogP contribution >= 0.6 is 27.3 Å². The van der Waals surface area contributed by atoms with Crippen molar-refractivity contribution in [1.82, 2.24) is 15.6 Å². The highest BCUT2D eigenvalue weighted by atomic mass is 79.9. The Morgan fingerprint density at radius 3 is 2.87 bits per heavy atom. The lowest BCUT2D eigenvalue weighted by Gasteiger charge is -2.16. The van der Waals surface area contributed by atoms with Gasteiger partial charge in [0.25, 0.3) is 0 Å². The minimum atomic E-state index is -0.236. The molecule has 4 nitrogen and oxygen atoms in total. The molecule has 0 aliphatic rings. The van der Waals surface area contributed by atoms with Crippen molar-refractivity contribution in [3.8, 4) is 10.6 Å². The maximum Gasteiger partial charge on any atom is 0.237 e. The van der Waals surface area contributed by atoms with E-state index in [-0.39, 0.29) is 18.0 Å². The van der Waals surface area contributed by atoms with E-state index < -0.39 is 0 Å². The average Bonchev–Trinajstić information content (AvgIpc) is 3.01. The molecule has 0 saturated heterocycles. The molecule has 2 atom stereocenters. The fourth-order valence-corrected chi connectivity index (χ4v) is 3.18. The van der Waals surface area contributed by atoms with Gasteiger partial charge in [0.2, 0.25) is 5.91 Å². The number of hydrogen-bond donors (Lipinski definition) is 2. The van der Waals surface area contributed by atoms with Crippen LogP contribution in [0.4, 0.5) is 0 Å². The topological polar surface area (TPSA) is 54.0 Å². The molecule has 1 aromatic carbocycles. The second-order valence-electron chi connectivity index (χ2n) is 5.57. The smallest absolute Gasteiger partial charge is 0.237 e. The molecule has 1 heterocycles. The lowest BCUT2D eigenvalue weighted by molar-refractivity contribution is -0.123. The summed E-state index contributed by atoms with van der Waals surface area (Å²) in [5.74, 6) is 0.0294. The standard InChI is InChI=1S/C17H22BrN3OS/c1-4-11(2)20-16(22)12(3)19-9-15-10-23-17(21-15)13-6-5-7-14(18)8-13/h5-8,10-12,19H,4,9H2,1-3H3,(H,20,22). The summed E-state index contributed by atoms with van der Waals surface area (Å²) in [5, 5.41) is 9.22. The van der Waals surface area contributed by atoms with Crippen LogP contribution in [0.1, 0.15) is 32.9 Å². The van der Waals surface area contributed by atoms with Gasteiger partial charge in [0, 0.05) is 28.0 Å². The first-order chi connectivity index (χ1) is 11.0. The number of nitrogens with one attached hydrogen (secondary N) is 2. The number of halogens is 1. The van der Waals surface area contributed by atoms with Gasteiger partial charge in [-0.1, -0.05) is 35.0 Å². The van der Waals surface area contributed by atoms with Crippen molar-refractivity contribution in [2.75, 3.05) is 0 Å². The van der Waals surface area contributed by atoms with E-state index in [0.717, 1.165) is 27.2 Å². The van der Waals surface area contributed by atoms with Crippen molar-refractivity contribution in [1.29, 1.82) is 0 Å². The molecule has 1 amide bonds. The van der Waals surface area contributed by atoms with E-state index >= 15 is 0 Å². The van der Waals surface area contributed by atoms with Crippen LogP contribution < -0.4 is 10.6 Å². The number of rotatable bonds is 7. The third-order valence-electron chi connectivity index (χ3n) is 3.61. The highest BCUT2D eigenvalue weighted by molar-refractivity contribution is 9.10. The number of hydrogen-bond acceptors (Lipinski definition) is 4. The minimum absolute atomic E-state index is 0.0294. The summed E-state index contributed by atoms with van der Waals surface area (Å²) in [6.07, 6.45) is 0.931. The van der Waals surface area contributed by atoms with E-state index in [1.54, 1.807) is 11.3 Å². The summed E-state index contributed by atoms with van der Waals surface area (Å²) in [6, 6.07) is 8.06. The molecule has 2 aromatic rings. The van der Waals surface area contributed by atoms with Gasteiger partial charge in [-0.3, -0.25) is 4.79 Å². The van der Waals surface area contributed by atoms with Crippen LogP contribution in [0.3, 0.4) is 0 Å².